The fourth-order valence-corrected chi connectivity index (χ4v) is 2.74. The number of aliphatic hydroxyl groups excluding tert-OH is 1. The molecule has 0 aromatic carbocycles. The minimum atomic E-state index is -2.33. The topological polar surface area (TPSA) is 23.5 Å². The molecule has 1 aliphatic rings. The van der Waals surface area contributed by atoms with Gasteiger partial charge in [-0.2, -0.15) is 0 Å². The van der Waals surface area contributed by atoms with E-state index in [9.17, 15) is 13.9 Å². The molecule has 1 aliphatic carbocycles. The molecule has 0 aliphatic heterocycles. The molecule has 1 saturated carbocycles. The Kier molecular flexibility index (Phi) is 4.90. The first-order chi connectivity index (χ1) is 7.71. The fourth-order valence-electron chi connectivity index (χ4n) is 2.74. The fraction of sp³-hybridized carbons (Fsp3) is 1.00. The second-order valence-electron chi connectivity index (χ2n) is 6.34. The molecule has 2 nitrogen and oxygen atoms in total. The highest BCUT2D eigenvalue weighted by molar-refractivity contribution is 4.90. The molecule has 0 bridgehead atoms. The first-order valence-corrected chi connectivity index (χ1v) is 6.38. The Morgan fingerprint density at radius 3 is 2.35 bits per heavy atom. The van der Waals surface area contributed by atoms with E-state index in [-0.39, 0.29) is 18.0 Å². The van der Waals surface area contributed by atoms with Gasteiger partial charge in [0.25, 0.3) is 6.43 Å². The first kappa shape index (κ1) is 14.8. The van der Waals surface area contributed by atoms with Crippen molar-refractivity contribution < 1.29 is 13.9 Å². The van der Waals surface area contributed by atoms with Crippen molar-refractivity contribution in [2.45, 2.75) is 58.6 Å². The van der Waals surface area contributed by atoms with Gasteiger partial charge in [0.2, 0.25) is 0 Å². The van der Waals surface area contributed by atoms with Crippen LogP contribution < -0.4 is 0 Å². The van der Waals surface area contributed by atoms with Crippen molar-refractivity contribution in [2.24, 2.45) is 11.3 Å². The zero-order valence-electron chi connectivity index (χ0n) is 11.3. The van der Waals surface area contributed by atoms with E-state index in [0.29, 0.717) is 5.92 Å². The van der Waals surface area contributed by atoms with Crippen LogP contribution in [0.4, 0.5) is 8.78 Å². The van der Waals surface area contributed by atoms with Gasteiger partial charge in [-0.3, -0.25) is 4.90 Å². The SMILES string of the molecule is CN(CC(F)F)C1CC(C(C)(C)C)CCC1O. The lowest BCUT2D eigenvalue weighted by atomic mass is 9.70. The van der Waals surface area contributed by atoms with Crippen LogP contribution in [0.25, 0.3) is 0 Å². The summed E-state index contributed by atoms with van der Waals surface area (Å²) in [6, 6.07) is -0.123. The van der Waals surface area contributed by atoms with E-state index in [1.807, 2.05) is 0 Å². The molecular formula is C13H25F2NO. The molecule has 0 saturated heterocycles. The molecule has 0 aromatic heterocycles. The van der Waals surface area contributed by atoms with Gasteiger partial charge in [0.05, 0.1) is 12.6 Å². The van der Waals surface area contributed by atoms with Crippen LogP contribution in [-0.4, -0.2) is 42.2 Å². The summed E-state index contributed by atoms with van der Waals surface area (Å²) in [7, 11) is 1.69. The maximum Gasteiger partial charge on any atom is 0.251 e. The molecule has 1 N–H and O–H groups in total. The molecule has 17 heavy (non-hydrogen) atoms. The average Bonchev–Trinajstić information content (AvgIpc) is 2.15. The van der Waals surface area contributed by atoms with Crippen LogP contribution in [-0.2, 0) is 0 Å². The molecule has 4 heteroatoms. The maximum atomic E-state index is 12.4. The van der Waals surface area contributed by atoms with Crippen LogP contribution >= 0.6 is 0 Å². The van der Waals surface area contributed by atoms with Crippen molar-refractivity contribution >= 4 is 0 Å². The summed E-state index contributed by atoms with van der Waals surface area (Å²) in [4.78, 5) is 1.62. The molecule has 0 aromatic rings. The Morgan fingerprint density at radius 1 is 1.29 bits per heavy atom. The molecule has 1 fully saturated rings. The summed E-state index contributed by atoms with van der Waals surface area (Å²) in [6.07, 6.45) is -0.267. The van der Waals surface area contributed by atoms with Gasteiger partial charge in [-0.25, -0.2) is 8.78 Å². The van der Waals surface area contributed by atoms with Crippen LogP contribution in [0.5, 0.6) is 0 Å². The number of hydrogen-bond donors (Lipinski definition) is 1. The summed E-state index contributed by atoms with van der Waals surface area (Å²) < 4.78 is 24.8. The highest BCUT2D eigenvalue weighted by Crippen LogP contribution is 2.39. The monoisotopic (exact) mass is 249 g/mol. The quantitative estimate of drug-likeness (QED) is 0.831. The summed E-state index contributed by atoms with van der Waals surface area (Å²) in [6.45, 7) is 6.29. The molecule has 3 atom stereocenters. The smallest absolute Gasteiger partial charge is 0.251 e. The number of alkyl halides is 2. The predicted octanol–water partition coefficient (Wildman–Crippen LogP) is 2.76. The van der Waals surface area contributed by atoms with Gasteiger partial charge in [-0.05, 0) is 37.6 Å². The second-order valence-corrected chi connectivity index (χ2v) is 6.34. The predicted molar refractivity (Wildman–Crippen MR) is 65.2 cm³/mol. The van der Waals surface area contributed by atoms with Crippen molar-refractivity contribution in [3.8, 4) is 0 Å². The molecule has 0 heterocycles. The summed E-state index contributed by atoms with van der Waals surface area (Å²) in [5, 5.41) is 9.95. The standard InChI is InChI=1S/C13H25F2NO/c1-13(2,3)9-5-6-11(17)10(7-9)16(4)8-12(14)15/h9-12,17H,5-8H2,1-4H3. The van der Waals surface area contributed by atoms with Gasteiger partial charge < -0.3 is 5.11 Å². The number of likely N-dealkylation sites (N-methyl/N-ethyl adjacent to an activating group) is 1. The van der Waals surface area contributed by atoms with Crippen molar-refractivity contribution in [1.82, 2.24) is 4.90 Å². The number of rotatable bonds is 3. The van der Waals surface area contributed by atoms with Crippen molar-refractivity contribution in [3.05, 3.63) is 0 Å². The lowest BCUT2D eigenvalue weighted by Crippen LogP contribution is -2.48. The van der Waals surface area contributed by atoms with Gasteiger partial charge in [0.1, 0.15) is 0 Å². The number of halogens is 2. The van der Waals surface area contributed by atoms with Gasteiger partial charge in [0.15, 0.2) is 0 Å². The molecule has 1 rings (SSSR count). The van der Waals surface area contributed by atoms with Gasteiger partial charge >= 0.3 is 0 Å². The summed E-state index contributed by atoms with van der Waals surface area (Å²) in [5.74, 6) is 0.496. The first-order valence-electron chi connectivity index (χ1n) is 6.38. The number of hydrogen-bond acceptors (Lipinski definition) is 2. The zero-order chi connectivity index (χ0) is 13.2. The highest BCUT2D eigenvalue weighted by Gasteiger charge is 2.37. The normalized spacial score (nSPS) is 31.2. The minimum absolute atomic E-state index is 0.123. The summed E-state index contributed by atoms with van der Waals surface area (Å²) >= 11 is 0. The molecule has 102 valence electrons. The third-order valence-electron chi connectivity index (χ3n) is 4.00. The van der Waals surface area contributed by atoms with Gasteiger partial charge in [0, 0.05) is 6.04 Å². The Bertz CT molecular complexity index is 240. The van der Waals surface area contributed by atoms with E-state index in [1.165, 1.54) is 0 Å². The van der Waals surface area contributed by atoms with Crippen LogP contribution in [0.1, 0.15) is 40.0 Å². The van der Waals surface area contributed by atoms with Crippen LogP contribution in [0.15, 0.2) is 0 Å². The van der Waals surface area contributed by atoms with Crippen molar-refractivity contribution in [2.75, 3.05) is 13.6 Å². The Balaban J connectivity index is 2.63. The van der Waals surface area contributed by atoms with E-state index >= 15 is 0 Å². The Morgan fingerprint density at radius 2 is 1.88 bits per heavy atom. The van der Waals surface area contributed by atoms with E-state index in [4.69, 9.17) is 0 Å². The van der Waals surface area contributed by atoms with Crippen LogP contribution in [0.3, 0.4) is 0 Å². The molecule has 0 spiro atoms. The highest BCUT2D eigenvalue weighted by atomic mass is 19.3. The second kappa shape index (κ2) is 5.61. The molecule has 3 unspecified atom stereocenters. The number of nitrogens with zero attached hydrogens (tertiary/aromatic N) is 1. The van der Waals surface area contributed by atoms with Crippen molar-refractivity contribution in [1.29, 1.82) is 0 Å². The van der Waals surface area contributed by atoms with E-state index in [1.54, 1.807) is 11.9 Å². The lowest BCUT2D eigenvalue weighted by Gasteiger charge is -2.43. The molecule has 0 amide bonds. The average molecular weight is 249 g/mol. The van der Waals surface area contributed by atoms with Crippen LogP contribution in [0.2, 0.25) is 0 Å². The van der Waals surface area contributed by atoms with Crippen LogP contribution in [0, 0.1) is 11.3 Å². The molecular weight excluding hydrogens is 224 g/mol. The van der Waals surface area contributed by atoms with Gasteiger partial charge in [-0.15, -0.1) is 0 Å². The Hall–Kier alpha value is -0.220. The van der Waals surface area contributed by atoms with E-state index < -0.39 is 12.5 Å². The van der Waals surface area contributed by atoms with Crippen molar-refractivity contribution in [3.63, 3.8) is 0 Å². The van der Waals surface area contributed by atoms with E-state index in [2.05, 4.69) is 20.8 Å². The van der Waals surface area contributed by atoms with E-state index in [0.717, 1.165) is 19.3 Å². The third kappa shape index (κ3) is 4.18. The third-order valence-corrected chi connectivity index (χ3v) is 4.00. The zero-order valence-corrected chi connectivity index (χ0v) is 11.3. The van der Waals surface area contributed by atoms with Gasteiger partial charge in [-0.1, -0.05) is 20.8 Å². The maximum absolute atomic E-state index is 12.4. The lowest BCUT2D eigenvalue weighted by molar-refractivity contribution is -0.0253. The molecule has 0 radical (unpaired) electrons. The summed E-state index contributed by atoms with van der Waals surface area (Å²) in [5.41, 5.74) is 0.185. The minimum Gasteiger partial charge on any atom is -0.391 e. The Labute approximate surface area is 103 Å². The number of aliphatic hydroxyl groups is 1. The largest absolute Gasteiger partial charge is 0.391 e.